The summed E-state index contributed by atoms with van der Waals surface area (Å²) in [5.74, 6) is 0.395. The predicted octanol–water partition coefficient (Wildman–Crippen LogP) is 1.50. The van der Waals surface area contributed by atoms with Crippen molar-refractivity contribution in [2.75, 3.05) is 0 Å². The fourth-order valence-electron chi connectivity index (χ4n) is 1.21. The first-order valence-electron chi connectivity index (χ1n) is 4.62. The number of benzene rings is 1. The summed E-state index contributed by atoms with van der Waals surface area (Å²) in [5, 5.41) is 0. The van der Waals surface area contributed by atoms with Gasteiger partial charge in [0.1, 0.15) is 5.75 Å². The zero-order chi connectivity index (χ0) is 10.6. The lowest BCUT2D eigenvalue weighted by atomic mass is 10.1. The number of carbonyl (C=O) groups excluding carboxylic acids is 1. The molecular formula is C11H15NO2. The minimum absolute atomic E-state index is 0.101. The summed E-state index contributed by atoms with van der Waals surface area (Å²) in [5.41, 5.74) is 5.97. The first kappa shape index (κ1) is 10.6. The molecule has 0 atom stereocenters. The number of para-hydroxylation sites is 1. The largest absolute Gasteiger partial charge is 0.491 e. The number of nitrogens with two attached hydrogens (primary N) is 1. The molecule has 0 heterocycles. The van der Waals surface area contributed by atoms with Crippen molar-refractivity contribution in [2.45, 2.75) is 26.4 Å². The maximum absolute atomic E-state index is 10.8. The van der Waals surface area contributed by atoms with Gasteiger partial charge in [-0.05, 0) is 19.9 Å². The highest BCUT2D eigenvalue weighted by Crippen LogP contribution is 2.19. The Morgan fingerprint density at radius 1 is 1.43 bits per heavy atom. The fraction of sp³-hybridized carbons (Fsp3) is 0.364. The summed E-state index contributed by atoms with van der Waals surface area (Å²) in [7, 11) is 0. The number of rotatable bonds is 4. The zero-order valence-electron chi connectivity index (χ0n) is 8.49. The second-order valence-corrected chi connectivity index (χ2v) is 3.42. The van der Waals surface area contributed by atoms with Crippen LogP contribution >= 0.6 is 0 Å². The Morgan fingerprint density at radius 2 is 2.07 bits per heavy atom. The third kappa shape index (κ3) is 3.09. The summed E-state index contributed by atoms with van der Waals surface area (Å²) >= 11 is 0. The Labute approximate surface area is 83.9 Å². The molecule has 0 fully saturated rings. The average molecular weight is 193 g/mol. The minimum atomic E-state index is -0.343. The van der Waals surface area contributed by atoms with Crippen LogP contribution in [0.15, 0.2) is 24.3 Å². The van der Waals surface area contributed by atoms with Gasteiger partial charge in [0.2, 0.25) is 5.91 Å². The van der Waals surface area contributed by atoms with Crippen LogP contribution in [0.5, 0.6) is 5.75 Å². The van der Waals surface area contributed by atoms with E-state index in [1.165, 1.54) is 0 Å². The zero-order valence-corrected chi connectivity index (χ0v) is 8.49. The minimum Gasteiger partial charge on any atom is -0.491 e. The molecule has 76 valence electrons. The monoisotopic (exact) mass is 193 g/mol. The Bertz CT molecular complexity index is 321. The van der Waals surface area contributed by atoms with Crippen LogP contribution in [0.1, 0.15) is 19.4 Å². The molecule has 0 spiro atoms. The molecule has 0 aliphatic carbocycles. The Hall–Kier alpha value is -1.51. The molecule has 0 aliphatic heterocycles. The first-order valence-corrected chi connectivity index (χ1v) is 4.62. The van der Waals surface area contributed by atoms with Gasteiger partial charge in [0, 0.05) is 5.56 Å². The molecule has 0 unspecified atom stereocenters. The summed E-state index contributed by atoms with van der Waals surface area (Å²) < 4.78 is 5.54. The van der Waals surface area contributed by atoms with E-state index in [1.54, 1.807) is 0 Å². The average Bonchev–Trinajstić information content (AvgIpc) is 2.06. The van der Waals surface area contributed by atoms with Crippen LogP contribution in [-0.4, -0.2) is 12.0 Å². The van der Waals surface area contributed by atoms with Gasteiger partial charge < -0.3 is 10.5 Å². The molecule has 1 aromatic carbocycles. The number of carbonyl (C=O) groups is 1. The van der Waals surface area contributed by atoms with E-state index in [4.69, 9.17) is 10.5 Å². The lowest BCUT2D eigenvalue weighted by Gasteiger charge is -2.12. The molecule has 14 heavy (non-hydrogen) atoms. The van der Waals surface area contributed by atoms with Crippen LogP contribution in [-0.2, 0) is 11.2 Å². The van der Waals surface area contributed by atoms with E-state index in [0.29, 0.717) is 0 Å². The van der Waals surface area contributed by atoms with Crippen molar-refractivity contribution < 1.29 is 9.53 Å². The molecule has 1 rings (SSSR count). The normalized spacial score (nSPS) is 10.2. The van der Waals surface area contributed by atoms with Crippen molar-refractivity contribution in [2.24, 2.45) is 5.73 Å². The van der Waals surface area contributed by atoms with E-state index in [9.17, 15) is 4.79 Å². The van der Waals surface area contributed by atoms with Crippen molar-refractivity contribution in [3.63, 3.8) is 0 Å². The highest BCUT2D eigenvalue weighted by Gasteiger charge is 2.06. The van der Waals surface area contributed by atoms with Crippen molar-refractivity contribution in [3.05, 3.63) is 29.8 Å². The maximum atomic E-state index is 10.8. The van der Waals surface area contributed by atoms with E-state index in [0.717, 1.165) is 11.3 Å². The predicted molar refractivity (Wildman–Crippen MR) is 55.1 cm³/mol. The summed E-state index contributed by atoms with van der Waals surface area (Å²) in [6.07, 6.45) is 0.326. The van der Waals surface area contributed by atoms with E-state index in [-0.39, 0.29) is 18.4 Å². The molecular weight excluding hydrogens is 178 g/mol. The number of primary amides is 1. The fourth-order valence-corrected chi connectivity index (χ4v) is 1.21. The Kier molecular flexibility index (Phi) is 3.51. The van der Waals surface area contributed by atoms with E-state index in [2.05, 4.69) is 0 Å². The molecule has 0 saturated heterocycles. The summed E-state index contributed by atoms with van der Waals surface area (Å²) in [6.45, 7) is 3.89. The molecule has 0 radical (unpaired) electrons. The van der Waals surface area contributed by atoms with Crippen molar-refractivity contribution in [1.82, 2.24) is 0 Å². The first-order chi connectivity index (χ1) is 6.59. The Balaban J connectivity index is 2.85. The van der Waals surface area contributed by atoms with Gasteiger partial charge in [-0.15, -0.1) is 0 Å². The molecule has 3 heteroatoms. The van der Waals surface area contributed by atoms with Gasteiger partial charge in [-0.25, -0.2) is 0 Å². The van der Waals surface area contributed by atoms with Gasteiger partial charge in [0.15, 0.2) is 0 Å². The van der Waals surface area contributed by atoms with Gasteiger partial charge in [-0.2, -0.15) is 0 Å². The van der Waals surface area contributed by atoms with Crippen molar-refractivity contribution >= 4 is 5.91 Å². The van der Waals surface area contributed by atoms with Crippen molar-refractivity contribution in [1.29, 1.82) is 0 Å². The van der Waals surface area contributed by atoms with Gasteiger partial charge in [-0.1, -0.05) is 18.2 Å². The summed E-state index contributed by atoms with van der Waals surface area (Å²) in [4.78, 5) is 10.8. The van der Waals surface area contributed by atoms with Gasteiger partial charge in [0.25, 0.3) is 0 Å². The number of hydrogen-bond donors (Lipinski definition) is 1. The van der Waals surface area contributed by atoms with Gasteiger partial charge in [0.05, 0.1) is 12.5 Å². The van der Waals surface area contributed by atoms with E-state index >= 15 is 0 Å². The van der Waals surface area contributed by atoms with Gasteiger partial charge in [-0.3, -0.25) is 4.79 Å². The van der Waals surface area contributed by atoms with Crippen LogP contribution < -0.4 is 10.5 Å². The van der Waals surface area contributed by atoms with Crippen LogP contribution in [0.2, 0.25) is 0 Å². The highest BCUT2D eigenvalue weighted by atomic mass is 16.5. The molecule has 0 aromatic heterocycles. The van der Waals surface area contributed by atoms with Crippen LogP contribution in [0.25, 0.3) is 0 Å². The molecule has 3 nitrogen and oxygen atoms in total. The van der Waals surface area contributed by atoms with Crippen molar-refractivity contribution in [3.8, 4) is 5.75 Å². The third-order valence-electron chi connectivity index (χ3n) is 1.70. The molecule has 0 saturated carbocycles. The second kappa shape index (κ2) is 4.65. The number of amides is 1. The van der Waals surface area contributed by atoms with Gasteiger partial charge >= 0.3 is 0 Å². The second-order valence-electron chi connectivity index (χ2n) is 3.42. The molecule has 2 N–H and O–H groups in total. The smallest absolute Gasteiger partial charge is 0.221 e. The summed E-state index contributed by atoms with van der Waals surface area (Å²) in [6, 6.07) is 7.44. The molecule has 1 aromatic rings. The number of ether oxygens (including phenoxy) is 1. The quantitative estimate of drug-likeness (QED) is 0.787. The van der Waals surface area contributed by atoms with Crippen LogP contribution in [0.3, 0.4) is 0 Å². The SMILES string of the molecule is CC(C)Oc1ccccc1CC(N)=O. The van der Waals surface area contributed by atoms with E-state index in [1.807, 2.05) is 38.1 Å². The molecule has 1 amide bonds. The van der Waals surface area contributed by atoms with Crippen LogP contribution in [0, 0.1) is 0 Å². The third-order valence-corrected chi connectivity index (χ3v) is 1.70. The number of hydrogen-bond acceptors (Lipinski definition) is 2. The topological polar surface area (TPSA) is 52.3 Å². The lowest BCUT2D eigenvalue weighted by molar-refractivity contribution is -0.117. The molecule has 0 bridgehead atoms. The molecule has 0 aliphatic rings. The lowest BCUT2D eigenvalue weighted by Crippen LogP contribution is -2.15. The standard InChI is InChI=1S/C11H15NO2/c1-8(2)14-10-6-4-3-5-9(10)7-11(12)13/h3-6,8H,7H2,1-2H3,(H2,12,13). The maximum Gasteiger partial charge on any atom is 0.221 e. The highest BCUT2D eigenvalue weighted by molar-refractivity contribution is 5.77. The van der Waals surface area contributed by atoms with E-state index < -0.39 is 0 Å². The Morgan fingerprint density at radius 3 is 2.64 bits per heavy atom. The van der Waals surface area contributed by atoms with Crippen LogP contribution in [0.4, 0.5) is 0 Å².